The molecule has 2 rings (SSSR count). The minimum atomic E-state index is -0.429. The number of pyridine rings is 1. The van der Waals surface area contributed by atoms with Crippen LogP contribution < -0.4 is 11.1 Å². The van der Waals surface area contributed by atoms with Crippen LogP contribution in [-0.4, -0.2) is 16.9 Å². The highest BCUT2D eigenvalue weighted by atomic mass is 16.1. The van der Waals surface area contributed by atoms with Gasteiger partial charge in [-0.05, 0) is 38.1 Å². The van der Waals surface area contributed by atoms with Crippen molar-refractivity contribution in [3.63, 3.8) is 0 Å². The Kier molecular flexibility index (Phi) is 2.95. The fourth-order valence-corrected chi connectivity index (χ4v) is 1.75. The number of nitrogens with zero attached hydrogens (tertiary/aromatic N) is 1. The predicted molar refractivity (Wildman–Crippen MR) is 69.0 cm³/mol. The number of nitrogens with two attached hydrogens (primary N) is 1. The molecular formula is C13H15N3O. The van der Waals surface area contributed by atoms with Gasteiger partial charge in [-0.1, -0.05) is 6.07 Å². The minimum absolute atomic E-state index is 0.319. The van der Waals surface area contributed by atoms with Crippen LogP contribution in [0.1, 0.15) is 24.2 Å². The van der Waals surface area contributed by atoms with Crippen LogP contribution in [-0.2, 0) is 0 Å². The van der Waals surface area contributed by atoms with Crippen LogP contribution in [0.25, 0.3) is 10.9 Å². The van der Waals surface area contributed by atoms with Gasteiger partial charge in [-0.25, -0.2) is 4.98 Å². The summed E-state index contributed by atoms with van der Waals surface area (Å²) in [7, 11) is 0. The molecule has 88 valence electrons. The maximum Gasteiger partial charge on any atom is 0.249 e. The molecule has 1 amide bonds. The summed E-state index contributed by atoms with van der Waals surface area (Å²) in [4.78, 5) is 15.7. The summed E-state index contributed by atoms with van der Waals surface area (Å²) in [6, 6.07) is 9.41. The molecule has 0 fully saturated rings. The van der Waals surface area contributed by atoms with Crippen molar-refractivity contribution < 1.29 is 4.79 Å². The molecule has 0 spiro atoms. The Bertz CT molecular complexity index is 564. The van der Waals surface area contributed by atoms with Gasteiger partial charge in [0, 0.05) is 17.0 Å². The minimum Gasteiger partial charge on any atom is -0.368 e. The van der Waals surface area contributed by atoms with Gasteiger partial charge in [-0.2, -0.15) is 0 Å². The van der Waals surface area contributed by atoms with E-state index in [-0.39, 0.29) is 0 Å². The molecule has 1 heterocycles. The highest BCUT2D eigenvalue weighted by molar-refractivity contribution is 6.05. The number of anilines is 1. The Labute approximate surface area is 99.8 Å². The number of nitrogens with one attached hydrogen (secondary N) is 1. The third-order valence-electron chi connectivity index (χ3n) is 2.43. The van der Waals surface area contributed by atoms with Crippen molar-refractivity contribution >= 4 is 22.6 Å². The second kappa shape index (κ2) is 4.41. The van der Waals surface area contributed by atoms with Gasteiger partial charge in [0.1, 0.15) is 5.82 Å². The van der Waals surface area contributed by atoms with Gasteiger partial charge in [0.2, 0.25) is 5.91 Å². The second-order valence-corrected chi connectivity index (χ2v) is 4.23. The average Bonchev–Trinajstić information content (AvgIpc) is 2.26. The number of rotatable bonds is 3. The third kappa shape index (κ3) is 2.36. The highest BCUT2D eigenvalue weighted by Gasteiger charge is 2.07. The molecule has 0 aliphatic carbocycles. The standard InChI is InChI=1S/C13H15N3O/c1-8(2)15-12-7-6-9-10(13(14)17)4-3-5-11(9)16-12/h3-8H,1-2H3,(H2,14,17)(H,15,16). The van der Waals surface area contributed by atoms with Crippen LogP contribution in [0, 0.1) is 0 Å². The van der Waals surface area contributed by atoms with Crippen molar-refractivity contribution in [1.82, 2.24) is 4.98 Å². The molecule has 0 bridgehead atoms. The maximum atomic E-state index is 11.3. The normalized spacial score (nSPS) is 10.8. The molecule has 0 unspecified atom stereocenters. The number of hydrogen-bond acceptors (Lipinski definition) is 3. The van der Waals surface area contributed by atoms with Crippen LogP contribution in [0.4, 0.5) is 5.82 Å². The Morgan fingerprint density at radius 2 is 2.06 bits per heavy atom. The van der Waals surface area contributed by atoms with E-state index in [1.165, 1.54) is 0 Å². The van der Waals surface area contributed by atoms with E-state index in [0.29, 0.717) is 11.6 Å². The molecule has 1 aromatic heterocycles. The van der Waals surface area contributed by atoms with Crippen LogP contribution in [0.15, 0.2) is 30.3 Å². The quantitative estimate of drug-likeness (QED) is 0.847. The molecule has 0 atom stereocenters. The summed E-state index contributed by atoms with van der Waals surface area (Å²) in [6.07, 6.45) is 0. The first-order valence-corrected chi connectivity index (χ1v) is 5.54. The predicted octanol–water partition coefficient (Wildman–Crippen LogP) is 2.15. The van der Waals surface area contributed by atoms with Crippen molar-refractivity contribution in [2.45, 2.75) is 19.9 Å². The van der Waals surface area contributed by atoms with E-state index < -0.39 is 5.91 Å². The molecule has 0 saturated carbocycles. The molecule has 3 N–H and O–H groups in total. The summed E-state index contributed by atoms with van der Waals surface area (Å²) in [5.41, 5.74) is 6.59. The van der Waals surface area contributed by atoms with Crippen LogP contribution in [0.5, 0.6) is 0 Å². The van der Waals surface area contributed by atoms with E-state index in [2.05, 4.69) is 10.3 Å². The monoisotopic (exact) mass is 229 g/mol. The van der Waals surface area contributed by atoms with Gasteiger partial charge in [-0.15, -0.1) is 0 Å². The lowest BCUT2D eigenvalue weighted by Crippen LogP contribution is -2.13. The molecule has 2 aromatic rings. The van der Waals surface area contributed by atoms with E-state index in [1.807, 2.05) is 32.0 Å². The molecule has 1 aromatic carbocycles. The van der Waals surface area contributed by atoms with Crippen LogP contribution in [0.2, 0.25) is 0 Å². The number of hydrogen-bond donors (Lipinski definition) is 2. The maximum absolute atomic E-state index is 11.3. The topological polar surface area (TPSA) is 68.0 Å². The van der Waals surface area contributed by atoms with Gasteiger partial charge in [-0.3, -0.25) is 4.79 Å². The Morgan fingerprint density at radius 1 is 1.29 bits per heavy atom. The smallest absolute Gasteiger partial charge is 0.249 e. The fourth-order valence-electron chi connectivity index (χ4n) is 1.75. The van der Waals surface area contributed by atoms with Crippen molar-refractivity contribution in [3.8, 4) is 0 Å². The Hall–Kier alpha value is -2.10. The Balaban J connectivity index is 2.53. The molecule has 0 aliphatic rings. The van der Waals surface area contributed by atoms with Gasteiger partial charge < -0.3 is 11.1 Å². The van der Waals surface area contributed by atoms with Crippen molar-refractivity contribution in [2.75, 3.05) is 5.32 Å². The first-order valence-electron chi connectivity index (χ1n) is 5.54. The largest absolute Gasteiger partial charge is 0.368 e. The van der Waals surface area contributed by atoms with Crippen molar-refractivity contribution in [3.05, 3.63) is 35.9 Å². The summed E-state index contributed by atoms with van der Waals surface area (Å²) >= 11 is 0. The molecule has 17 heavy (non-hydrogen) atoms. The molecule has 0 saturated heterocycles. The number of amides is 1. The molecule has 0 aliphatic heterocycles. The summed E-state index contributed by atoms with van der Waals surface area (Å²) in [5, 5.41) is 4.00. The SMILES string of the molecule is CC(C)Nc1ccc2c(C(N)=O)cccc2n1. The van der Waals surface area contributed by atoms with E-state index in [0.717, 1.165) is 16.7 Å². The van der Waals surface area contributed by atoms with E-state index in [1.54, 1.807) is 12.1 Å². The van der Waals surface area contributed by atoms with Gasteiger partial charge >= 0.3 is 0 Å². The number of fused-ring (bicyclic) bond motifs is 1. The summed E-state index contributed by atoms with van der Waals surface area (Å²) in [6.45, 7) is 4.09. The molecule has 4 nitrogen and oxygen atoms in total. The van der Waals surface area contributed by atoms with Crippen molar-refractivity contribution in [2.24, 2.45) is 5.73 Å². The van der Waals surface area contributed by atoms with Gasteiger partial charge in [0.25, 0.3) is 0 Å². The highest BCUT2D eigenvalue weighted by Crippen LogP contribution is 2.19. The van der Waals surface area contributed by atoms with Crippen LogP contribution in [0.3, 0.4) is 0 Å². The van der Waals surface area contributed by atoms with Crippen LogP contribution >= 0.6 is 0 Å². The summed E-state index contributed by atoms with van der Waals surface area (Å²) < 4.78 is 0. The zero-order valence-electron chi connectivity index (χ0n) is 9.90. The lowest BCUT2D eigenvalue weighted by atomic mass is 10.1. The number of benzene rings is 1. The number of carbonyl (C=O) groups excluding carboxylic acids is 1. The Morgan fingerprint density at radius 3 is 2.71 bits per heavy atom. The number of carbonyl (C=O) groups is 1. The van der Waals surface area contributed by atoms with E-state index >= 15 is 0 Å². The van der Waals surface area contributed by atoms with E-state index in [4.69, 9.17) is 5.73 Å². The lowest BCUT2D eigenvalue weighted by Gasteiger charge is -2.10. The fraction of sp³-hybridized carbons (Fsp3) is 0.231. The van der Waals surface area contributed by atoms with Crippen molar-refractivity contribution in [1.29, 1.82) is 0 Å². The number of primary amides is 1. The molecular weight excluding hydrogens is 214 g/mol. The van der Waals surface area contributed by atoms with Gasteiger partial charge in [0.05, 0.1) is 5.52 Å². The summed E-state index contributed by atoms with van der Waals surface area (Å²) in [5.74, 6) is 0.371. The third-order valence-corrected chi connectivity index (χ3v) is 2.43. The first-order chi connectivity index (χ1) is 8.08. The van der Waals surface area contributed by atoms with E-state index in [9.17, 15) is 4.79 Å². The first kappa shape index (κ1) is 11.4. The molecule has 4 heteroatoms. The average molecular weight is 229 g/mol. The zero-order valence-corrected chi connectivity index (χ0v) is 9.90. The second-order valence-electron chi connectivity index (χ2n) is 4.23. The number of aromatic nitrogens is 1. The van der Waals surface area contributed by atoms with Gasteiger partial charge in [0.15, 0.2) is 0 Å². The zero-order chi connectivity index (χ0) is 12.4. The lowest BCUT2D eigenvalue weighted by molar-refractivity contribution is 0.100. The molecule has 0 radical (unpaired) electrons.